The summed E-state index contributed by atoms with van der Waals surface area (Å²) in [5.41, 5.74) is 5.96. The van der Waals surface area contributed by atoms with Crippen molar-refractivity contribution in [1.29, 1.82) is 0 Å². The summed E-state index contributed by atoms with van der Waals surface area (Å²) in [4.78, 5) is 6.61. The molecule has 0 aromatic rings. The van der Waals surface area contributed by atoms with Gasteiger partial charge >= 0.3 is 0 Å². The standard InChI is InChI=1S/C11H23N3/c1-5-6-13-11(12)14-7-8(2)9(3)10(14)4/h8-10H,5-7H2,1-4H3,(H2,12,13). The molecule has 2 N–H and O–H groups in total. The molecule has 0 saturated carbocycles. The summed E-state index contributed by atoms with van der Waals surface area (Å²) in [5, 5.41) is 0. The molecule has 0 amide bonds. The number of aliphatic imine (C=N–C) groups is 1. The zero-order chi connectivity index (χ0) is 10.7. The fourth-order valence-electron chi connectivity index (χ4n) is 2.02. The molecule has 0 bridgehead atoms. The van der Waals surface area contributed by atoms with Crippen molar-refractivity contribution in [2.75, 3.05) is 13.1 Å². The second-order valence-electron chi connectivity index (χ2n) is 4.47. The van der Waals surface area contributed by atoms with Crippen molar-refractivity contribution in [3.63, 3.8) is 0 Å². The largest absolute Gasteiger partial charge is 0.370 e. The first kappa shape index (κ1) is 11.3. The van der Waals surface area contributed by atoms with Crippen molar-refractivity contribution < 1.29 is 0 Å². The van der Waals surface area contributed by atoms with E-state index in [1.54, 1.807) is 0 Å². The zero-order valence-corrected chi connectivity index (χ0v) is 9.83. The SMILES string of the molecule is CCCN=C(N)N1CC(C)C(C)C1C. The van der Waals surface area contributed by atoms with E-state index < -0.39 is 0 Å². The van der Waals surface area contributed by atoms with Crippen LogP contribution in [0.2, 0.25) is 0 Å². The molecule has 0 aliphatic carbocycles. The van der Waals surface area contributed by atoms with Crippen LogP contribution in [0.25, 0.3) is 0 Å². The second-order valence-corrected chi connectivity index (χ2v) is 4.47. The van der Waals surface area contributed by atoms with Gasteiger partial charge in [0.25, 0.3) is 0 Å². The third kappa shape index (κ3) is 2.20. The average molecular weight is 197 g/mol. The Bertz CT molecular complexity index is 213. The summed E-state index contributed by atoms with van der Waals surface area (Å²) < 4.78 is 0. The molecule has 3 unspecified atom stereocenters. The third-order valence-electron chi connectivity index (χ3n) is 3.43. The van der Waals surface area contributed by atoms with E-state index in [0.29, 0.717) is 12.0 Å². The quantitative estimate of drug-likeness (QED) is 0.540. The van der Waals surface area contributed by atoms with Gasteiger partial charge in [-0.1, -0.05) is 20.8 Å². The number of hydrogen-bond acceptors (Lipinski definition) is 1. The van der Waals surface area contributed by atoms with Gasteiger partial charge in [0.2, 0.25) is 0 Å². The lowest BCUT2D eigenvalue weighted by Gasteiger charge is -2.24. The highest BCUT2D eigenvalue weighted by molar-refractivity contribution is 5.78. The number of likely N-dealkylation sites (tertiary alicyclic amines) is 1. The zero-order valence-electron chi connectivity index (χ0n) is 9.83. The minimum Gasteiger partial charge on any atom is -0.370 e. The Morgan fingerprint density at radius 3 is 2.50 bits per heavy atom. The first-order valence-electron chi connectivity index (χ1n) is 5.64. The van der Waals surface area contributed by atoms with Gasteiger partial charge in [0.05, 0.1) is 0 Å². The average Bonchev–Trinajstić information content (AvgIpc) is 2.42. The lowest BCUT2D eigenvalue weighted by Crippen LogP contribution is -2.40. The predicted octanol–water partition coefficient (Wildman–Crippen LogP) is 1.69. The van der Waals surface area contributed by atoms with Crippen LogP contribution in [0.4, 0.5) is 0 Å². The fraction of sp³-hybridized carbons (Fsp3) is 0.909. The van der Waals surface area contributed by atoms with Crippen LogP contribution >= 0.6 is 0 Å². The predicted molar refractivity (Wildman–Crippen MR) is 61.3 cm³/mol. The Balaban J connectivity index is 2.61. The van der Waals surface area contributed by atoms with Crippen molar-refractivity contribution in [2.45, 2.75) is 40.2 Å². The monoisotopic (exact) mass is 197 g/mol. The normalized spacial score (nSPS) is 33.9. The Kier molecular flexibility index (Phi) is 3.78. The molecule has 3 atom stereocenters. The van der Waals surface area contributed by atoms with Crippen LogP contribution < -0.4 is 5.73 Å². The minimum absolute atomic E-state index is 0.533. The Hall–Kier alpha value is -0.730. The maximum absolute atomic E-state index is 5.96. The van der Waals surface area contributed by atoms with E-state index in [1.165, 1.54) is 0 Å². The van der Waals surface area contributed by atoms with Gasteiger partial charge in [-0.05, 0) is 25.2 Å². The third-order valence-corrected chi connectivity index (χ3v) is 3.43. The first-order valence-corrected chi connectivity index (χ1v) is 5.64. The maximum atomic E-state index is 5.96. The van der Waals surface area contributed by atoms with Gasteiger partial charge in [-0.15, -0.1) is 0 Å². The molecule has 3 heteroatoms. The van der Waals surface area contributed by atoms with E-state index in [1.807, 2.05) is 0 Å². The lowest BCUT2D eigenvalue weighted by atomic mass is 9.95. The number of hydrogen-bond donors (Lipinski definition) is 1. The van der Waals surface area contributed by atoms with Crippen LogP contribution in [-0.4, -0.2) is 30.0 Å². The molecule has 14 heavy (non-hydrogen) atoms. The molecular weight excluding hydrogens is 174 g/mol. The lowest BCUT2D eigenvalue weighted by molar-refractivity contribution is 0.361. The Morgan fingerprint density at radius 1 is 1.43 bits per heavy atom. The van der Waals surface area contributed by atoms with Crippen LogP contribution in [0, 0.1) is 11.8 Å². The summed E-state index contributed by atoms with van der Waals surface area (Å²) >= 11 is 0. The molecule has 82 valence electrons. The summed E-state index contributed by atoms with van der Waals surface area (Å²) in [6, 6.07) is 0.533. The van der Waals surface area contributed by atoms with Crippen LogP contribution in [0.5, 0.6) is 0 Å². The van der Waals surface area contributed by atoms with Gasteiger partial charge in [-0.3, -0.25) is 4.99 Å². The van der Waals surface area contributed by atoms with Gasteiger partial charge in [0.1, 0.15) is 0 Å². The highest BCUT2D eigenvalue weighted by Gasteiger charge is 2.34. The van der Waals surface area contributed by atoms with E-state index in [-0.39, 0.29) is 0 Å². The van der Waals surface area contributed by atoms with Gasteiger partial charge in [0, 0.05) is 19.1 Å². The van der Waals surface area contributed by atoms with Crippen LogP contribution in [0.15, 0.2) is 4.99 Å². The minimum atomic E-state index is 0.533. The van der Waals surface area contributed by atoms with E-state index in [9.17, 15) is 0 Å². The molecule has 0 aromatic carbocycles. The molecular formula is C11H23N3. The second kappa shape index (κ2) is 4.67. The van der Waals surface area contributed by atoms with Crippen molar-refractivity contribution in [3.05, 3.63) is 0 Å². The molecule has 1 fully saturated rings. The Labute approximate surface area is 87.4 Å². The Morgan fingerprint density at radius 2 is 2.07 bits per heavy atom. The number of guanidine groups is 1. The van der Waals surface area contributed by atoms with Crippen molar-refractivity contribution in [2.24, 2.45) is 22.6 Å². The number of rotatable bonds is 2. The van der Waals surface area contributed by atoms with Crippen molar-refractivity contribution in [3.8, 4) is 0 Å². The summed E-state index contributed by atoms with van der Waals surface area (Å²) in [6.07, 6.45) is 1.06. The van der Waals surface area contributed by atoms with E-state index in [0.717, 1.165) is 31.4 Å². The smallest absolute Gasteiger partial charge is 0.191 e. The molecule has 1 rings (SSSR count). The fourth-order valence-corrected chi connectivity index (χ4v) is 2.02. The topological polar surface area (TPSA) is 41.6 Å². The van der Waals surface area contributed by atoms with Crippen LogP contribution in [0.1, 0.15) is 34.1 Å². The molecule has 1 saturated heterocycles. The van der Waals surface area contributed by atoms with Crippen molar-refractivity contribution in [1.82, 2.24) is 4.90 Å². The van der Waals surface area contributed by atoms with Crippen molar-refractivity contribution >= 4 is 5.96 Å². The maximum Gasteiger partial charge on any atom is 0.191 e. The molecule has 0 aromatic heterocycles. The molecule has 1 heterocycles. The van der Waals surface area contributed by atoms with E-state index in [2.05, 4.69) is 37.6 Å². The number of nitrogens with two attached hydrogens (primary N) is 1. The highest BCUT2D eigenvalue weighted by Crippen LogP contribution is 2.28. The molecule has 1 aliphatic rings. The van der Waals surface area contributed by atoms with Gasteiger partial charge < -0.3 is 10.6 Å². The van der Waals surface area contributed by atoms with Gasteiger partial charge in [-0.25, -0.2) is 0 Å². The van der Waals surface area contributed by atoms with Gasteiger partial charge in [-0.2, -0.15) is 0 Å². The summed E-state index contributed by atoms with van der Waals surface area (Å²) in [6.45, 7) is 10.8. The first-order chi connectivity index (χ1) is 6.57. The van der Waals surface area contributed by atoms with Crippen LogP contribution in [0.3, 0.4) is 0 Å². The summed E-state index contributed by atoms with van der Waals surface area (Å²) in [7, 11) is 0. The highest BCUT2D eigenvalue weighted by atomic mass is 15.3. The van der Waals surface area contributed by atoms with E-state index in [4.69, 9.17) is 5.73 Å². The summed E-state index contributed by atoms with van der Waals surface area (Å²) in [5.74, 6) is 2.17. The van der Waals surface area contributed by atoms with Gasteiger partial charge in [0.15, 0.2) is 5.96 Å². The van der Waals surface area contributed by atoms with E-state index >= 15 is 0 Å². The number of nitrogens with zero attached hydrogens (tertiary/aromatic N) is 2. The molecule has 0 spiro atoms. The molecule has 3 nitrogen and oxygen atoms in total. The molecule has 1 aliphatic heterocycles. The molecule has 0 radical (unpaired) electrons. The van der Waals surface area contributed by atoms with Crippen LogP contribution in [-0.2, 0) is 0 Å².